The zero-order valence-electron chi connectivity index (χ0n) is 57.3. The van der Waals surface area contributed by atoms with Gasteiger partial charge in [0.25, 0.3) is 0 Å². The van der Waals surface area contributed by atoms with Crippen LogP contribution in [0.1, 0.15) is 253 Å². The van der Waals surface area contributed by atoms with Gasteiger partial charge in [0.2, 0.25) is 0 Å². The van der Waals surface area contributed by atoms with E-state index in [1.54, 1.807) is 36.4 Å². The van der Waals surface area contributed by atoms with Crippen LogP contribution in [0.15, 0.2) is 213 Å². The van der Waals surface area contributed by atoms with Gasteiger partial charge in [0.05, 0.1) is 0 Å². The number of hydrogen-bond acceptors (Lipinski definition) is 6. The summed E-state index contributed by atoms with van der Waals surface area (Å²) in [6, 6.07) is 25.8. The largest absolute Gasteiger partial charge is 0.508 e. The van der Waals surface area contributed by atoms with Crippen molar-refractivity contribution in [2.24, 2.45) is 0 Å². The normalized spacial score (nSPS) is 12.5. The van der Waals surface area contributed by atoms with Crippen LogP contribution < -0.4 is 4.74 Å². The van der Waals surface area contributed by atoms with Crippen molar-refractivity contribution < 1.29 is 29.3 Å². The van der Waals surface area contributed by atoms with Crippen LogP contribution in [0.4, 0.5) is 0 Å². The molecule has 0 bridgehead atoms. The predicted molar refractivity (Wildman–Crippen MR) is 383 cm³/mol. The lowest BCUT2D eigenvalue weighted by molar-refractivity contribution is 0.111. The molecule has 0 atom stereocenters. The number of allylic oxidation sites excluding steroid dienone is 22. The van der Waals surface area contributed by atoms with E-state index in [0.29, 0.717) is 36.1 Å². The number of rotatable bonds is 36. The minimum absolute atomic E-state index is 0.250. The van der Waals surface area contributed by atoms with Crippen molar-refractivity contribution in [3.8, 4) is 17.2 Å². The van der Waals surface area contributed by atoms with Crippen molar-refractivity contribution in [3.05, 3.63) is 252 Å². The van der Waals surface area contributed by atoms with E-state index in [0.717, 1.165) is 156 Å². The quantitative estimate of drug-likeness (QED) is 0.0348. The molecule has 0 amide bonds. The van der Waals surface area contributed by atoms with Crippen molar-refractivity contribution in [2.45, 2.75) is 226 Å². The molecule has 4 aromatic rings. The number of ether oxygens (including phenoxy) is 1. The summed E-state index contributed by atoms with van der Waals surface area (Å²) in [7, 11) is 0. The van der Waals surface area contributed by atoms with Gasteiger partial charge >= 0.3 is 0 Å². The lowest BCUT2D eigenvalue weighted by atomic mass is 10.0. The Kier molecular flexibility index (Phi) is 40.5. The Morgan fingerprint density at radius 2 is 0.596 bits per heavy atom. The lowest BCUT2D eigenvalue weighted by Crippen LogP contribution is -1.99. The lowest BCUT2D eigenvalue weighted by Gasteiger charge is -2.12. The maximum absolute atomic E-state index is 11.2. The number of carbonyl (C=O) groups excluding carboxylic acids is 3. The van der Waals surface area contributed by atoms with Crippen LogP contribution in [0, 0.1) is 0 Å². The summed E-state index contributed by atoms with van der Waals surface area (Å²) in [5.74, 6) is 1.34. The van der Waals surface area contributed by atoms with Gasteiger partial charge in [0.1, 0.15) is 42.7 Å². The average molecular weight is 1210 g/mol. The molecule has 0 spiro atoms. The minimum Gasteiger partial charge on any atom is -0.508 e. The molecule has 0 radical (unpaired) electrons. The van der Waals surface area contributed by atoms with Gasteiger partial charge in [0, 0.05) is 16.7 Å². The van der Waals surface area contributed by atoms with Gasteiger partial charge < -0.3 is 14.9 Å². The molecule has 2 N–H and O–H groups in total. The monoisotopic (exact) mass is 1200 g/mol. The molecule has 0 fully saturated rings. The third-order valence-corrected chi connectivity index (χ3v) is 15.4. The number of aldehydes is 3. The summed E-state index contributed by atoms with van der Waals surface area (Å²) in [6.07, 6.45) is 47.4. The van der Waals surface area contributed by atoms with Crippen LogP contribution >= 0.6 is 0 Å². The second-order valence-electron chi connectivity index (χ2n) is 24.9. The second kappa shape index (κ2) is 46.5. The van der Waals surface area contributed by atoms with Gasteiger partial charge in [-0.1, -0.05) is 158 Å². The fraction of sp³-hybridized carbons (Fsp3) is 0.410. The molecule has 480 valence electrons. The molecule has 4 rings (SSSR count). The Balaban J connectivity index is 0.000000456. The molecule has 0 saturated heterocycles. The number of carbonyl (C=O) groups is 3. The average Bonchev–Trinajstić information content (AvgIpc) is 3.66. The van der Waals surface area contributed by atoms with Gasteiger partial charge in [-0.05, 0) is 296 Å². The Morgan fingerprint density at radius 1 is 0.326 bits per heavy atom. The molecule has 0 aliphatic heterocycles. The van der Waals surface area contributed by atoms with Crippen LogP contribution in [-0.4, -0.2) is 29.1 Å². The van der Waals surface area contributed by atoms with Gasteiger partial charge in [-0.25, -0.2) is 0 Å². The summed E-state index contributed by atoms with van der Waals surface area (Å²) in [5.41, 5.74) is 21.1. The number of hydrogen-bond donors (Lipinski definition) is 2. The maximum Gasteiger partial charge on any atom is 0.150 e. The molecule has 0 heterocycles. The summed E-state index contributed by atoms with van der Waals surface area (Å²) in [5, 5.41) is 19.8. The van der Waals surface area contributed by atoms with Gasteiger partial charge in [-0.2, -0.15) is 0 Å². The van der Waals surface area contributed by atoms with Gasteiger partial charge in [-0.15, -0.1) is 0 Å². The molecule has 0 unspecified atom stereocenters. The van der Waals surface area contributed by atoms with E-state index in [9.17, 15) is 24.6 Å². The summed E-state index contributed by atoms with van der Waals surface area (Å²) in [4.78, 5) is 33.0. The SMILES string of the molecule is CC(C)=CCC/C(C)=C/CC/C(C)=C/CC/C(C)=C/Cc1cc(C=O)ccc1O.CC(C)=CCC/C(C)=C/CC/C(C)=C/CC/C(C)=C/Cc1cc(C=O)ccc1O.CC(C)=CCC/C(C)=C/CC/C(C)=C/Cc1cc(C=O)ccc1OCc1ccccc1. The Hall–Kier alpha value is -7.57. The number of aromatic hydroxyl groups is 2. The Bertz CT molecular complexity index is 2990. The molecule has 89 heavy (non-hydrogen) atoms. The fourth-order valence-corrected chi connectivity index (χ4v) is 9.56. The molecule has 0 saturated carbocycles. The topological polar surface area (TPSA) is 101 Å². The number of phenols is 2. The maximum atomic E-state index is 11.2. The molecule has 6 heteroatoms. The first-order valence-corrected chi connectivity index (χ1v) is 32.5. The molecular weight excluding hydrogens is 1090 g/mol. The highest BCUT2D eigenvalue weighted by atomic mass is 16.5. The molecule has 6 nitrogen and oxygen atoms in total. The third-order valence-electron chi connectivity index (χ3n) is 15.4. The standard InChI is InChI=1S/C29H36O2.2C27H38O2/c1-23(2)10-8-11-24(3)12-9-13-25(4)16-18-28-20-27(21-30)17-19-29(28)31-22-26-14-6-5-7-15-26;2*1-21(2)9-6-10-22(3)11-7-12-23(4)13-8-14-24(5)15-17-26-19-25(20-28)16-18-27(26)29/h5-7,10,12,14-17,19-21H,8-9,11,13,18,22H2,1-4H3;2*9,11,13,15-16,18-20,29H,6-8,10,12,14,17H2,1-5H3/b24-12+,25-16+;2*22-11+,23-13+,24-15+. The predicted octanol–water partition coefficient (Wildman–Crippen LogP) is 23.8. The van der Waals surface area contributed by atoms with E-state index in [4.69, 9.17) is 4.74 Å². The van der Waals surface area contributed by atoms with Crippen molar-refractivity contribution in [1.82, 2.24) is 0 Å². The van der Waals surface area contributed by atoms with Crippen molar-refractivity contribution >= 4 is 18.9 Å². The van der Waals surface area contributed by atoms with E-state index in [1.807, 2.05) is 36.4 Å². The summed E-state index contributed by atoms with van der Waals surface area (Å²) in [6.45, 7) is 31.0. The van der Waals surface area contributed by atoms with Crippen LogP contribution in [-0.2, 0) is 25.9 Å². The first-order valence-electron chi connectivity index (χ1n) is 32.5. The van der Waals surface area contributed by atoms with Crippen LogP contribution in [0.5, 0.6) is 17.2 Å². The second-order valence-corrected chi connectivity index (χ2v) is 24.9. The first kappa shape index (κ1) is 77.5. The van der Waals surface area contributed by atoms with E-state index in [-0.39, 0.29) is 11.5 Å². The fourth-order valence-electron chi connectivity index (χ4n) is 9.56. The molecule has 0 aliphatic rings. The van der Waals surface area contributed by atoms with Crippen LogP contribution in [0.2, 0.25) is 0 Å². The van der Waals surface area contributed by atoms with Crippen LogP contribution in [0.25, 0.3) is 0 Å². The summed E-state index contributed by atoms with van der Waals surface area (Å²) < 4.78 is 6.06. The van der Waals surface area contributed by atoms with E-state index < -0.39 is 0 Å². The first-order chi connectivity index (χ1) is 42.6. The van der Waals surface area contributed by atoms with E-state index in [2.05, 4.69) is 176 Å². The zero-order chi connectivity index (χ0) is 65.8. The Labute approximate surface area is 540 Å². The summed E-state index contributed by atoms with van der Waals surface area (Å²) >= 11 is 0. The van der Waals surface area contributed by atoms with Crippen molar-refractivity contribution in [3.63, 3.8) is 0 Å². The molecular formula is C83H112O6. The molecule has 0 aliphatic carbocycles. The van der Waals surface area contributed by atoms with Crippen LogP contribution in [0.3, 0.4) is 0 Å². The zero-order valence-corrected chi connectivity index (χ0v) is 57.3. The van der Waals surface area contributed by atoms with Gasteiger partial charge in [-0.3, -0.25) is 14.4 Å². The van der Waals surface area contributed by atoms with E-state index >= 15 is 0 Å². The third kappa shape index (κ3) is 38.5. The Morgan fingerprint density at radius 3 is 0.899 bits per heavy atom. The van der Waals surface area contributed by atoms with Gasteiger partial charge in [0.15, 0.2) is 0 Å². The van der Waals surface area contributed by atoms with E-state index in [1.165, 1.54) is 61.3 Å². The smallest absolute Gasteiger partial charge is 0.150 e. The highest BCUT2D eigenvalue weighted by Crippen LogP contribution is 2.25. The highest BCUT2D eigenvalue weighted by molar-refractivity contribution is 5.76. The molecule has 4 aromatic carbocycles. The minimum atomic E-state index is 0.250. The number of phenolic OH excluding ortho intramolecular Hbond substituents is 2. The van der Waals surface area contributed by atoms with Crippen molar-refractivity contribution in [1.29, 1.82) is 0 Å². The molecule has 0 aromatic heterocycles. The number of benzene rings is 4. The van der Waals surface area contributed by atoms with Crippen molar-refractivity contribution in [2.75, 3.05) is 0 Å². The highest BCUT2D eigenvalue weighted by Gasteiger charge is 2.08.